The van der Waals surface area contributed by atoms with Crippen molar-refractivity contribution in [2.45, 2.75) is 205 Å². The zero-order valence-corrected chi connectivity index (χ0v) is 37.2. The summed E-state index contributed by atoms with van der Waals surface area (Å²) >= 11 is 0. The molecule has 8 heteroatoms. The molecule has 4 fully saturated rings. The lowest BCUT2D eigenvalue weighted by molar-refractivity contribution is -0.255. The van der Waals surface area contributed by atoms with Crippen molar-refractivity contribution < 1.29 is 24.2 Å². The summed E-state index contributed by atoms with van der Waals surface area (Å²) in [4.78, 5) is 40.8. The summed E-state index contributed by atoms with van der Waals surface area (Å²) in [5.41, 5.74) is 12.2. The third kappa shape index (κ3) is 8.84. The molecule has 0 aliphatic heterocycles. The van der Waals surface area contributed by atoms with Gasteiger partial charge in [0.15, 0.2) is 0 Å². The number of nitrogens with two attached hydrogens (primary N) is 2. The fourth-order valence-corrected chi connectivity index (χ4v) is 12.7. The standard InChI is InChI=1S/C40H71N3O5.C3H8.C2H6/c1-12-13-29-37(8,33(47)43(11)23-17-26(2)41)21-22-39(10)38(9)19-14-27-35(5,6)30(48-32(46)25-34(3,4)24-31(44)45)16-18-36(27,7)28(38)15-20-40(29,39)42;1-3-2;1-2/h26-30H,12-25,41-42H2,1-11H3,(H,44,45);3H2,1-2H3;1-2H3/t26-,27?,28?,29+,30?,36?,37?,38?,39+,40?;;/m1../s1. The fourth-order valence-electron chi connectivity index (χ4n) is 12.7. The van der Waals surface area contributed by atoms with Crippen molar-refractivity contribution in [1.82, 2.24) is 4.90 Å². The lowest BCUT2D eigenvalue weighted by Crippen LogP contribution is -2.77. The van der Waals surface area contributed by atoms with E-state index in [1.807, 2.05) is 46.6 Å². The van der Waals surface area contributed by atoms with Crippen molar-refractivity contribution in [1.29, 1.82) is 0 Å². The Hall–Kier alpha value is -1.67. The number of aliphatic carboxylic acids is 1. The summed E-state index contributed by atoms with van der Waals surface area (Å²) in [5, 5.41) is 9.32. The smallest absolute Gasteiger partial charge is 0.306 e. The van der Waals surface area contributed by atoms with Crippen LogP contribution in [0.1, 0.15) is 187 Å². The van der Waals surface area contributed by atoms with Gasteiger partial charge in [-0.1, -0.05) is 103 Å². The molecule has 7 unspecified atom stereocenters. The van der Waals surface area contributed by atoms with Gasteiger partial charge >= 0.3 is 11.9 Å². The predicted molar refractivity (Wildman–Crippen MR) is 219 cm³/mol. The number of fused-ring (bicyclic) bond motifs is 5. The van der Waals surface area contributed by atoms with Gasteiger partial charge in [0.1, 0.15) is 6.10 Å². The molecule has 0 heterocycles. The summed E-state index contributed by atoms with van der Waals surface area (Å²) < 4.78 is 6.24. The lowest BCUT2D eigenvalue weighted by atomic mass is 9.30. The van der Waals surface area contributed by atoms with Gasteiger partial charge < -0.3 is 26.2 Å². The van der Waals surface area contributed by atoms with Gasteiger partial charge in [-0.2, -0.15) is 0 Å². The van der Waals surface area contributed by atoms with E-state index in [9.17, 15) is 19.5 Å². The van der Waals surface area contributed by atoms with Crippen LogP contribution in [-0.4, -0.2) is 59.1 Å². The van der Waals surface area contributed by atoms with Crippen molar-refractivity contribution in [2.75, 3.05) is 13.6 Å². The zero-order chi connectivity index (χ0) is 41.0. The molecule has 4 aliphatic carbocycles. The van der Waals surface area contributed by atoms with Crippen molar-refractivity contribution in [3.05, 3.63) is 0 Å². The molecule has 0 bridgehead atoms. The monoisotopic (exact) mass is 748 g/mol. The Labute approximate surface area is 326 Å². The first-order valence-electron chi connectivity index (χ1n) is 21.6. The van der Waals surface area contributed by atoms with E-state index in [1.54, 1.807) is 0 Å². The maximum atomic E-state index is 14.3. The maximum Gasteiger partial charge on any atom is 0.306 e. The molecule has 0 aromatic heterocycles. The topological polar surface area (TPSA) is 136 Å². The highest BCUT2D eigenvalue weighted by Crippen LogP contribution is 2.76. The van der Waals surface area contributed by atoms with Crippen LogP contribution in [0.3, 0.4) is 0 Å². The van der Waals surface area contributed by atoms with E-state index in [0.29, 0.717) is 18.4 Å². The highest BCUT2D eigenvalue weighted by Gasteiger charge is 2.73. The van der Waals surface area contributed by atoms with E-state index >= 15 is 0 Å². The third-order valence-corrected chi connectivity index (χ3v) is 15.5. The zero-order valence-electron chi connectivity index (χ0n) is 37.2. The summed E-state index contributed by atoms with van der Waals surface area (Å²) in [6.45, 7) is 31.2. The van der Waals surface area contributed by atoms with Crippen LogP contribution >= 0.6 is 0 Å². The van der Waals surface area contributed by atoms with Gasteiger partial charge in [0.25, 0.3) is 0 Å². The number of carboxylic acid groups (broad SMARTS) is 1. The van der Waals surface area contributed by atoms with E-state index in [1.165, 1.54) is 6.42 Å². The Balaban J connectivity index is 0.00000185. The van der Waals surface area contributed by atoms with Crippen molar-refractivity contribution in [3.63, 3.8) is 0 Å². The van der Waals surface area contributed by atoms with Crippen molar-refractivity contribution in [2.24, 2.45) is 61.7 Å². The minimum atomic E-state index is -0.894. The second kappa shape index (κ2) is 17.6. The molecule has 5 N–H and O–H groups in total. The molecule has 0 saturated heterocycles. The second-order valence-electron chi connectivity index (χ2n) is 20.2. The summed E-state index contributed by atoms with van der Waals surface area (Å²) in [6, 6.07) is 0.0600. The van der Waals surface area contributed by atoms with Gasteiger partial charge in [-0.3, -0.25) is 14.4 Å². The molecular weight excluding hydrogens is 663 g/mol. The van der Waals surface area contributed by atoms with Gasteiger partial charge in [0.2, 0.25) is 5.91 Å². The Bertz CT molecular complexity index is 1250. The summed E-state index contributed by atoms with van der Waals surface area (Å²) in [7, 11) is 1.95. The van der Waals surface area contributed by atoms with Crippen molar-refractivity contribution in [3.8, 4) is 0 Å². The van der Waals surface area contributed by atoms with Crippen molar-refractivity contribution >= 4 is 17.8 Å². The number of carbonyl (C=O) groups excluding carboxylic acids is 2. The number of nitrogens with zero attached hydrogens (tertiary/aromatic N) is 1. The van der Waals surface area contributed by atoms with Crippen LogP contribution in [0, 0.1) is 50.2 Å². The number of carboxylic acids is 1. The largest absolute Gasteiger partial charge is 0.481 e. The minimum Gasteiger partial charge on any atom is -0.481 e. The molecule has 8 nitrogen and oxygen atoms in total. The van der Waals surface area contributed by atoms with Gasteiger partial charge in [-0.15, -0.1) is 0 Å². The molecular formula is C45H85N3O5. The Morgan fingerprint density at radius 3 is 1.98 bits per heavy atom. The molecule has 0 radical (unpaired) electrons. The van der Waals surface area contributed by atoms with Crippen LogP contribution in [-0.2, 0) is 19.1 Å². The predicted octanol–water partition coefficient (Wildman–Crippen LogP) is 10.0. The first kappa shape index (κ1) is 47.5. The summed E-state index contributed by atoms with van der Waals surface area (Å²) in [6.07, 6.45) is 11.6. The van der Waals surface area contributed by atoms with E-state index in [4.69, 9.17) is 16.2 Å². The Kier molecular flexibility index (Phi) is 15.8. The number of rotatable bonds is 11. The number of ether oxygens (including phenoxy) is 1. The van der Waals surface area contributed by atoms with Gasteiger partial charge in [-0.05, 0) is 111 Å². The highest BCUT2D eigenvalue weighted by atomic mass is 16.5. The number of carbonyl (C=O) groups is 3. The molecule has 4 aliphatic rings. The molecule has 310 valence electrons. The molecule has 4 saturated carbocycles. The van der Waals surface area contributed by atoms with Crippen LogP contribution in [0.25, 0.3) is 0 Å². The van der Waals surface area contributed by atoms with Gasteiger partial charge in [0.05, 0.1) is 18.3 Å². The minimum absolute atomic E-state index is 0.0307. The first-order valence-corrected chi connectivity index (χ1v) is 21.6. The number of esters is 1. The molecule has 10 atom stereocenters. The maximum absolute atomic E-state index is 14.3. The normalized spacial score (nSPS) is 37.8. The van der Waals surface area contributed by atoms with Crippen LogP contribution in [0.15, 0.2) is 0 Å². The Morgan fingerprint density at radius 2 is 1.45 bits per heavy atom. The highest BCUT2D eigenvalue weighted by molar-refractivity contribution is 5.83. The number of amides is 1. The lowest BCUT2D eigenvalue weighted by Gasteiger charge is -2.75. The molecule has 1 amide bonds. The number of hydrogen-bond donors (Lipinski definition) is 3. The quantitative estimate of drug-likeness (QED) is 0.179. The molecule has 0 aromatic rings. The Morgan fingerprint density at radius 1 is 0.887 bits per heavy atom. The molecule has 4 rings (SSSR count). The van der Waals surface area contributed by atoms with Crippen LogP contribution < -0.4 is 11.5 Å². The van der Waals surface area contributed by atoms with Gasteiger partial charge in [0, 0.05) is 30.6 Å². The SMILES string of the molecule is CC.CCC.CCC[C@H]1C(C)(C(=O)N(C)CC[C@@H](C)N)CC[C@@]2(C)C3(C)CCC4C(C)(C)C(OC(=O)CC(C)(C)CC(=O)O)CCC4(C)C3CCC12N. The second-order valence-corrected chi connectivity index (χ2v) is 20.2. The van der Waals surface area contributed by atoms with E-state index in [-0.39, 0.29) is 64.4 Å². The van der Waals surface area contributed by atoms with Crippen LogP contribution in [0.4, 0.5) is 0 Å². The van der Waals surface area contributed by atoms with E-state index in [0.717, 1.165) is 70.6 Å². The summed E-state index contributed by atoms with van der Waals surface area (Å²) in [5.74, 6) is 0.0559. The number of hydrogen-bond acceptors (Lipinski definition) is 6. The molecule has 0 aromatic carbocycles. The molecule has 53 heavy (non-hydrogen) atoms. The molecule has 0 spiro atoms. The fraction of sp³-hybridized carbons (Fsp3) is 0.933. The first-order chi connectivity index (χ1) is 24.4. The van der Waals surface area contributed by atoms with E-state index in [2.05, 4.69) is 62.3 Å². The van der Waals surface area contributed by atoms with Gasteiger partial charge in [-0.25, -0.2) is 0 Å². The average molecular weight is 748 g/mol. The average Bonchev–Trinajstić information content (AvgIpc) is 3.04. The van der Waals surface area contributed by atoms with Crippen LogP contribution in [0.5, 0.6) is 0 Å². The van der Waals surface area contributed by atoms with Crippen LogP contribution in [0.2, 0.25) is 0 Å². The van der Waals surface area contributed by atoms with E-state index < -0.39 is 22.3 Å². The third-order valence-electron chi connectivity index (χ3n) is 15.5.